The Morgan fingerprint density at radius 2 is 1.14 bits per heavy atom. The molecule has 0 saturated heterocycles. The molecule has 0 fully saturated rings. The second-order valence-electron chi connectivity index (χ2n) is 11.7. The fourth-order valence-electron chi connectivity index (χ4n) is 6.63. The summed E-state index contributed by atoms with van der Waals surface area (Å²) in [6, 6.07) is 29.6. The van der Waals surface area contributed by atoms with Gasteiger partial charge in [0.1, 0.15) is 11.2 Å². The number of fused-ring (bicyclic) bond motifs is 6. The van der Waals surface area contributed by atoms with Crippen LogP contribution in [0.2, 0.25) is 0 Å². The van der Waals surface area contributed by atoms with Crippen LogP contribution < -0.4 is 0 Å². The highest BCUT2D eigenvalue weighted by atomic mass is 16.3. The van der Waals surface area contributed by atoms with Crippen molar-refractivity contribution < 1.29 is 18.1 Å². The van der Waals surface area contributed by atoms with Gasteiger partial charge in [-0.2, -0.15) is 0 Å². The zero-order valence-electron chi connectivity index (χ0n) is 36.1. The lowest BCUT2D eigenvalue weighted by molar-refractivity contribution is 0.668. The van der Waals surface area contributed by atoms with Crippen molar-refractivity contribution in [3.05, 3.63) is 170 Å². The Balaban J connectivity index is 1.26. The molecule has 5 nitrogen and oxygen atoms in total. The van der Waals surface area contributed by atoms with E-state index in [4.69, 9.17) is 28.1 Å². The van der Waals surface area contributed by atoms with Crippen LogP contribution in [0.25, 0.3) is 94.7 Å². The molecule has 10 aromatic rings. The second kappa shape index (κ2) is 11.4. The third-order valence-corrected chi connectivity index (χ3v) is 8.84. The van der Waals surface area contributed by atoms with Crippen molar-refractivity contribution in [2.75, 3.05) is 0 Å². The van der Waals surface area contributed by atoms with Gasteiger partial charge in [0, 0.05) is 50.0 Å². The molecule has 0 saturated carbocycles. The molecule has 50 heavy (non-hydrogen) atoms. The van der Waals surface area contributed by atoms with Gasteiger partial charge in [0.15, 0.2) is 17.5 Å². The third-order valence-electron chi connectivity index (χ3n) is 8.84. The smallest absolute Gasteiger partial charge is 0.166 e. The maximum atomic E-state index is 8.77. The fraction of sp³-hybridized carbons (Fsp3) is 0. The largest absolute Gasteiger partial charge is 0.456 e. The van der Waals surface area contributed by atoms with E-state index in [0.717, 1.165) is 49.5 Å². The number of furan rings is 1. The fourth-order valence-corrected chi connectivity index (χ4v) is 6.63. The van der Waals surface area contributed by atoms with Crippen molar-refractivity contribution in [3.63, 3.8) is 0 Å². The molecule has 0 aliphatic rings. The van der Waals surface area contributed by atoms with E-state index in [0.29, 0.717) is 16.7 Å². The summed E-state index contributed by atoms with van der Waals surface area (Å²) in [4.78, 5) is 14.0. The molecule has 0 spiro atoms. The molecular formula is C45H28N4O. The lowest BCUT2D eigenvalue weighted by Crippen LogP contribution is -2.02. The molecule has 0 unspecified atom stereocenters. The van der Waals surface area contributed by atoms with Crippen LogP contribution >= 0.6 is 0 Å². The lowest BCUT2D eigenvalue weighted by Gasteiger charge is -2.12. The standard InChI is InChI=1S/C45H28N4O/c1-4-13-29(14-5-1)32-23-26-40-38(27-32)35-25-24-33(28-41(35)50-40)49-39-22-11-10-19-34(39)36-20-12-21-37(42(36)49)45-47-43(30-15-6-2-7-16-30)46-44(48-45)31-17-8-3-9-18-31/h1-28H/i2D,3D,6D,7D,8D,9D,15D,16D,17D,18D. The SMILES string of the molecule is [2H]c1c([2H])c([2H])c(-c2nc(-c3c([2H])c([2H])c([2H])c([2H])c3[2H])nc(-c3cccc4c5ccccc5n(-c5ccc6c(c5)oc5ccc(-c7ccccc7)cc56)c34)n2)c([2H])c1[2H]. The van der Waals surface area contributed by atoms with Crippen molar-refractivity contribution in [2.45, 2.75) is 0 Å². The Kier molecular flexibility index (Phi) is 4.52. The molecule has 0 amide bonds. The Hall–Kier alpha value is -6.85. The van der Waals surface area contributed by atoms with Crippen molar-refractivity contribution in [1.82, 2.24) is 19.5 Å². The van der Waals surface area contributed by atoms with E-state index >= 15 is 0 Å². The molecule has 7 aromatic carbocycles. The van der Waals surface area contributed by atoms with Crippen LogP contribution in [0.5, 0.6) is 0 Å². The predicted octanol–water partition coefficient (Wildman–Crippen LogP) is 11.5. The number of nitrogens with zero attached hydrogens (tertiary/aromatic N) is 4. The van der Waals surface area contributed by atoms with Crippen LogP contribution in [0.1, 0.15) is 13.7 Å². The summed E-state index contributed by atoms with van der Waals surface area (Å²) in [5.74, 6) is -0.698. The number of rotatable bonds is 5. The normalized spacial score (nSPS) is 14.4. The minimum Gasteiger partial charge on any atom is -0.456 e. The van der Waals surface area contributed by atoms with Crippen molar-refractivity contribution in [1.29, 1.82) is 0 Å². The number of benzene rings is 7. The topological polar surface area (TPSA) is 56.7 Å². The summed E-state index contributed by atoms with van der Waals surface area (Å²) < 4.78 is 93.5. The molecule has 0 bridgehead atoms. The van der Waals surface area contributed by atoms with Crippen LogP contribution in [0.3, 0.4) is 0 Å². The van der Waals surface area contributed by atoms with E-state index in [1.807, 2.05) is 89.5 Å². The highest BCUT2D eigenvalue weighted by Crippen LogP contribution is 2.40. The Morgan fingerprint density at radius 3 is 1.90 bits per heavy atom. The van der Waals surface area contributed by atoms with Crippen LogP contribution in [-0.4, -0.2) is 19.5 Å². The number of para-hydroxylation sites is 2. The Morgan fingerprint density at radius 1 is 0.460 bits per heavy atom. The zero-order chi connectivity index (χ0) is 41.7. The highest BCUT2D eigenvalue weighted by molar-refractivity contribution is 6.14. The summed E-state index contributed by atoms with van der Waals surface area (Å²) >= 11 is 0. The Bertz CT molecular complexity index is 3310. The molecule has 0 aliphatic heterocycles. The van der Waals surface area contributed by atoms with Crippen LogP contribution in [0, 0.1) is 0 Å². The van der Waals surface area contributed by atoms with E-state index < -0.39 is 60.4 Å². The van der Waals surface area contributed by atoms with Gasteiger partial charge in [-0.1, -0.05) is 127 Å². The van der Waals surface area contributed by atoms with Crippen LogP contribution in [0.15, 0.2) is 174 Å². The van der Waals surface area contributed by atoms with Gasteiger partial charge in [0.05, 0.1) is 24.7 Å². The quantitative estimate of drug-likeness (QED) is 0.186. The number of hydrogen-bond donors (Lipinski definition) is 0. The van der Waals surface area contributed by atoms with E-state index in [1.165, 1.54) is 0 Å². The van der Waals surface area contributed by atoms with E-state index in [1.54, 1.807) is 6.07 Å². The lowest BCUT2D eigenvalue weighted by atomic mass is 10.0. The van der Waals surface area contributed by atoms with Gasteiger partial charge in [-0.3, -0.25) is 0 Å². The van der Waals surface area contributed by atoms with Gasteiger partial charge in [-0.05, 0) is 47.5 Å². The van der Waals surface area contributed by atoms with Crippen molar-refractivity contribution in [3.8, 4) is 51.0 Å². The molecule has 0 radical (unpaired) electrons. The molecule has 0 N–H and O–H groups in total. The summed E-state index contributed by atoms with van der Waals surface area (Å²) in [5, 5.41) is 3.61. The monoisotopic (exact) mass is 650 g/mol. The van der Waals surface area contributed by atoms with Crippen molar-refractivity contribution >= 4 is 43.7 Å². The van der Waals surface area contributed by atoms with Gasteiger partial charge in [-0.25, -0.2) is 15.0 Å². The molecule has 5 heteroatoms. The van der Waals surface area contributed by atoms with Crippen LogP contribution in [-0.2, 0) is 0 Å². The molecule has 0 aliphatic carbocycles. The molecule has 3 aromatic heterocycles. The zero-order valence-corrected chi connectivity index (χ0v) is 26.1. The second-order valence-corrected chi connectivity index (χ2v) is 11.7. The van der Waals surface area contributed by atoms with Crippen molar-refractivity contribution in [2.24, 2.45) is 0 Å². The Labute approximate surface area is 301 Å². The van der Waals surface area contributed by atoms with Gasteiger partial charge in [0.2, 0.25) is 0 Å². The molecule has 234 valence electrons. The van der Waals surface area contributed by atoms with Gasteiger partial charge >= 0.3 is 0 Å². The molecule has 3 heterocycles. The number of hydrogen-bond acceptors (Lipinski definition) is 4. The summed E-state index contributed by atoms with van der Waals surface area (Å²) in [7, 11) is 0. The first-order valence-electron chi connectivity index (χ1n) is 20.9. The maximum absolute atomic E-state index is 8.77. The average Bonchev–Trinajstić information content (AvgIpc) is 3.81. The molecule has 10 rings (SSSR count). The highest BCUT2D eigenvalue weighted by Gasteiger charge is 2.20. The minimum atomic E-state index is -0.614. The van der Waals surface area contributed by atoms with E-state index in [2.05, 4.69) is 23.2 Å². The summed E-state index contributed by atoms with van der Waals surface area (Å²) in [6.07, 6.45) is 0. The average molecular weight is 651 g/mol. The van der Waals surface area contributed by atoms with E-state index in [-0.39, 0.29) is 28.6 Å². The van der Waals surface area contributed by atoms with Crippen LogP contribution in [0.4, 0.5) is 0 Å². The van der Waals surface area contributed by atoms with Gasteiger partial charge < -0.3 is 8.98 Å². The summed E-state index contributed by atoms with van der Waals surface area (Å²) in [5.41, 5.74) is 5.53. The first kappa shape index (κ1) is 19.8. The molecular weight excluding hydrogens is 613 g/mol. The third kappa shape index (κ3) is 4.60. The first-order valence-corrected chi connectivity index (χ1v) is 15.9. The maximum Gasteiger partial charge on any atom is 0.166 e. The van der Waals surface area contributed by atoms with Gasteiger partial charge in [-0.15, -0.1) is 0 Å². The summed E-state index contributed by atoms with van der Waals surface area (Å²) in [6.45, 7) is 0. The van der Waals surface area contributed by atoms with Gasteiger partial charge in [0.25, 0.3) is 0 Å². The number of aromatic nitrogens is 4. The minimum absolute atomic E-state index is 0.0264. The first-order chi connectivity index (χ1) is 28.9. The van der Waals surface area contributed by atoms with E-state index in [9.17, 15) is 0 Å². The molecule has 0 atom stereocenters. The predicted molar refractivity (Wildman–Crippen MR) is 203 cm³/mol.